The van der Waals surface area contributed by atoms with E-state index in [0.29, 0.717) is 29.5 Å². The average molecular weight is 391 g/mol. The van der Waals surface area contributed by atoms with E-state index < -0.39 is 0 Å². The topological polar surface area (TPSA) is 67.7 Å². The number of aryl methyl sites for hydroxylation is 1. The largest absolute Gasteiger partial charge is 0.495 e. The van der Waals surface area contributed by atoms with Crippen LogP contribution in [0.25, 0.3) is 0 Å². The molecular formula is C19H23ClN4O3. The lowest BCUT2D eigenvalue weighted by atomic mass is 10.1. The molecule has 144 valence electrons. The molecule has 0 aliphatic carbocycles. The highest BCUT2D eigenvalue weighted by Crippen LogP contribution is 2.32. The van der Waals surface area contributed by atoms with E-state index >= 15 is 0 Å². The molecule has 1 fully saturated rings. The molecule has 2 heterocycles. The molecule has 1 aromatic carbocycles. The maximum atomic E-state index is 12.7. The third-order valence-electron chi connectivity index (χ3n) is 4.79. The number of carbonyl (C=O) groups excluding carboxylic acids is 2. The van der Waals surface area contributed by atoms with Gasteiger partial charge in [0.15, 0.2) is 0 Å². The third-order valence-corrected chi connectivity index (χ3v) is 5.09. The van der Waals surface area contributed by atoms with Gasteiger partial charge in [-0.15, -0.1) is 0 Å². The standard InChI is InChI=1S/C19H23ClN4O3/c1-22(7-6-13-10-21-23(2)11-13)19(26)14-8-18(25)24(12-14)15-4-5-17(27-3)16(20)9-15/h4-5,9-11,14H,6-8,12H2,1-3H3/t14-/m1/s1. The molecule has 8 heteroatoms. The summed E-state index contributed by atoms with van der Waals surface area (Å²) in [4.78, 5) is 28.5. The summed E-state index contributed by atoms with van der Waals surface area (Å²) in [6, 6.07) is 5.19. The fraction of sp³-hybridized carbons (Fsp3) is 0.421. The number of ether oxygens (including phenoxy) is 1. The van der Waals surface area contributed by atoms with Crippen LogP contribution in [0.3, 0.4) is 0 Å². The Kier molecular flexibility index (Phi) is 5.70. The van der Waals surface area contributed by atoms with Crippen LogP contribution in [0.5, 0.6) is 5.75 Å². The molecule has 0 saturated carbocycles. The number of hydrogen-bond acceptors (Lipinski definition) is 4. The van der Waals surface area contributed by atoms with E-state index in [0.717, 1.165) is 12.0 Å². The number of rotatable bonds is 6. The summed E-state index contributed by atoms with van der Waals surface area (Å²) >= 11 is 6.16. The molecule has 2 aromatic rings. The monoisotopic (exact) mass is 390 g/mol. The lowest BCUT2D eigenvalue weighted by Gasteiger charge is -2.21. The number of carbonyl (C=O) groups is 2. The van der Waals surface area contributed by atoms with Crippen LogP contribution in [0.2, 0.25) is 5.02 Å². The van der Waals surface area contributed by atoms with Gasteiger partial charge in [-0.25, -0.2) is 0 Å². The number of halogens is 1. The zero-order valence-corrected chi connectivity index (χ0v) is 16.4. The Bertz CT molecular complexity index is 851. The number of aromatic nitrogens is 2. The van der Waals surface area contributed by atoms with Crippen LogP contribution in [0.15, 0.2) is 30.6 Å². The summed E-state index contributed by atoms with van der Waals surface area (Å²) < 4.78 is 6.88. The molecule has 0 N–H and O–H groups in total. The lowest BCUT2D eigenvalue weighted by molar-refractivity contribution is -0.134. The Labute approximate surface area is 163 Å². The van der Waals surface area contributed by atoms with Crippen molar-refractivity contribution in [3.8, 4) is 5.75 Å². The summed E-state index contributed by atoms with van der Waals surface area (Å²) in [6.45, 7) is 0.946. The number of methoxy groups -OCH3 is 1. The first kappa shape index (κ1) is 19.2. The van der Waals surface area contributed by atoms with E-state index in [4.69, 9.17) is 16.3 Å². The number of benzene rings is 1. The maximum absolute atomic E-state index is 12.7. The minimum Gasteiger partial charge on any atom is -0.495 e. The second-order valence-electron chi connectivity index (χ2n) is 6.76. The van der Waals surface area contributed by atoms with Crippen molar-refractivity contribution in [2.24, 2.45) is 13.0 Å². The fourth-order valence-corrected chi connectivity index (χ4v) is 3.52. The molecule has 0 bridgehead atoms. The molecule has 3 rings (SSSR count). The fourth-order valence-electron chi connectivity index (χ4n) is 3.27. The molecular weight excluding hydrogens is 368 g/mol. The molecule has 1 aliphatic heterocycles. The predicted octanol–water partition coefficient (Wildman–Crippen LogP) is 2.14. The summed E-state index contributed by atoms with van der Waals surface area (Å²) in [5.41, 5.74) is 1.76. The first-order chi connectivity index (χ1) is 12.9. The highest BCUT2D eigenvalue weighted by molar-refractivity contribution is 6.32. The van der Waals surface area contributed by atoms with E-state index in [1.165, 1.54) is 7.11 Å². The summed E-state index contributed by atoms with van der Waals surface area (Å²) in [5.74, 6) is 0.108. The van der Waals surface area contributed by atoms with E-state index in [1.807, 2.05) is 13.2 Å². The minimum atomic E-state index is -0.350. The molecule has 1 aliphatic rings. The number of amides is 2. The molecule has 1 atom stereocenters. The van der Waals surface area contributed by atoms with Crippen molar-refractivity contribution in [3.63, 3.8) is 0 Å². The molecule has 0 spiro atoms. The van der Waals surface area contributed by atoms with E-state index in [9.17, 15) is 9.59 Å². The smallest absolute Gasteiger partial charge is 0.227 e. The number of nitrogens with zero attached hydrogens (tertiary/aromatic N) is 4. The second kappa shape index (κ2) is 8.00. The zero-order chi connectivity index (χ0) is 19.6. The van der Waals surface area contributed by atoms with Gasteiger partial charge < -0.3 is 14.5 Å². The first-order valence-electron chi connectivity index (χ1n) is 8.75. The summed E-state index contributed by atoms with van der Waals surface area (Å²) in [7, 11) is 5.18. The van der Waals surface area contributed by atoms with Crippen LogP contribution in [-0.4, -0.2) is 53.7 Å². The van der Waals surface area contributed by atoms with Gasteiger partial charge in [0.25, 0.3) is 0 Å². The highest BCUT2D eigenvalue weighted by Gasteiger charge is 2.36. The van der Waals surface area contributed by atoms with Gasteiger partial charge >= 0.3 is 0 Å². The zero-order valence-electron chi connectivity index (χ0n) is 15.7. The van der Waals surface area contributed by atoms with E-state index in [-0.39, 0.29) is 24.2 Å². The predicted molar refractivity (Wildman–Crippen MR) is 103 cm³/mol. The Hall–Kier alpha value is -2.54. The van der Waals surface area contributed by atoms with Crippen molar-refractivity contribution in [1.29, 1.82) is 0 Å². The van der Waals surface area contributed by atoms with Gasteiger partial charge in [-0.3, -0.25) is 14.3 Å². The number of likely N-dealkylation sites (N-methyl/N-ethyl adjacent to an activating group) is 1. The Balaban J connectivity index is 1.62. The van der Waals surface area contributed by atoms with Crippen molar-refractivity contribution in [3.05, 3.63) is 41.2 Å². The van der Waals surface area contributed by atoms with Gasteiger partial charge in [0.1, 0.15) is 5.75 Å². The van der Waals surface area contributed by atoms with Gasteiger partial charge in [0.05, 0.1) is 24.2 Å². The van der Waals surface area contributed by atoms with Crippen molar-refractivity contribution in [2.45, 2.75) is 12.8 Å². The van der Waals surface area contributed by atoms with Gasteiger partial charge in [0.2, 0.25) is 11.8 Å². The number of hydrogen-bond donors (Lipinski definition) is 0. The molecule has 2 amide bonds. The molecule has 7 nitrogen and oxygen atoms in total. The Morgan fingerprint density at radius 2 is 2.22 bits per heavy atom. The van der Waals surface area contributed by atoms with Gasteiger partial charge in [-0.2, -0.15) is 5.10 Å². The average Bonchev–Trinajstić information content (AvgIpc) is 3.24. The molecule has 1 saturated heterocycles. The minimum absolute atomic E-state index is 0.0191. The highest BCUT2D eigenvalue weighted by atomic mass is 35.5. The third kappa shape index (κ3) is 4.24. The van der Waals surface area contributed by atoms with Crippen LogP contribution in [0.1, 0.15) is 12.0 Å². The normalized spacial score (nSPS) is 16.7. The number of anilines is 1. The van der Waals surface area contributed by atoms with Crippen molar-refractivity contribution >= 4 is 29.1 Å². The van der Waals surface area contributed by atoms with Gasteiger partial charge in [-0.1, -0.05) is 11.6 Å². The van der Waals surface area contributed by atoms with Gasteiger partial charge in [0, 0.05) is 45.5 Å². The first-order valence-corrected chi connectivity index (χ1v) is 9.13. The van der Waals surface area contributed by atoms with Crippen LogP contribution in [0, 0.1) is 5.92 Å². The van der Waals surface area contributed by atoms with Crippen molar-refractivity contribution in [1.82, 2.24) is 14.7 Å². The molecule has 0 radical (unpaired) electrons. The molecule has 1 aromatic heterocycles. The quantitative estimate of drug-likeness (QED) is 0.757. The Morgan fingerprint density at radius 3 is 2.85 bits per heavy atom. The Morgan fingerprint density at radius 1 is 1.44 bits per heavy atom. The van der Waals surface area contributed by atoms with Crippen molar-refractivity contribution < 1.29 is 14.3 Å². The van der Waals surface area contributed by atoms with Crippen LogP contribution in [-0.2, 0) is 23.1 Å². The van der Waals surface area contributed by atoms with Crippen LogP contribution in [0.4, 0.5) is 5.69 Å². The van der Waals surface area contributed by atoms with Crippen LogP contribution < -0.4 is 9.64 Å². The molecule has 0 unspecified atom stereocenters. The van der Waals surface area contributed by atoms with E-state index in [1.54, 1.807) is 45.9 Å². The summed E-state index contributed by atoms with van der Waals surface area (Å²) in [6.07, 6.45) is 4.67. The summed E-state index contributed by atoms with van der Waals surface area (Å²) in [5, 5.41) is 4.57. The maximum Gasteiger partial charge on any atom is 0.227 e. The van der Waals surface area contributed by atoms with E-state index in [2.05, 4.69) is 5.10 Å². The van der Waals surface area contributed by atoms with Crippen molar-refractivity contribution in [2.75, 3.05) is 32.1 Å². The van der Waals surface area contributed by atoms with Gasteiger partial charge in [-0.05, 0) is 30.2 Å². The second-order valence-corrected chi connectivity index (χ2v) is 7.16. The van der Waals surface area contributed by atoms with Crippen LogP contribution >= 0.6 is 11.6 Å². The SMILES string of the molecule is COc1ccc(N2C[C@H](C(=O)N(C)CCc3cnn(C)c3)CC2=O)cc1Cl. The molecule has 27 heavy (non-hydrogen) atoms. The lowest BCUT2D eigenvalue weighted by Crippen LogP contribution is -2.35.